The van der Waals surface area contributed by atoms with E-state index in [0.717, 1.165) is 36.3 Å². The Kier molecular flexibility index (Phi) is 2.79. The van der Waals surface area contributed by atoms with Crippen LogP contribution in [0, 0.1) is 13.8 Å². The molecule has 1 aromatic rings. The molecular weight excluding hydrogens is 152 g/mol. The first kappa shape index (κ1) is 9.17. The Bertz CT molecular complexity index is 261. The van der Waals surface area contributed by atoms with Crippen LogP contribution in [0.2, 0.25) is 0 Å². The normalized spacial score (nSPS) is 10.6. The smallest absolute Gasteiger partial charge is 0.160 e. The van der Waals surface area contributed by atoms with Crippen molar-refractivity contribution in [3.63, 3.8) is 0 Å². The predicted molar refractivity (Wildman–Crippen MR) is 48.5 cm³/mol. The molecule has 1 rings (SSSR count). The Morgan fingerprint density at radius 1 is 1.33 bits per heavy atom. The topological polar surface area (TPSA) is 33.4 Å². The first-order valence-corrected chi connectivity index (χ1v) is 4.44. The summed E-state index contributed by atoms with van der Waals surface area (Å²) < 4.78 is 5.40. The highest BCUT2D eigenvalue weighted by molar-refractivity contribution is 5.37. The van der Waals surface area contributed by atoms with Crippen molar-refractivity contribution in [2.24, 2.45) is 0 Å². The summed E-state index contributed by atoms with van der Waals surface area (Å²) >= 11 is 0. The highest BCUT2D eigenvalue weighted by Crippen LogP contribution is 2.28. The van der Waals surface area contributed by atoms with Gasteiger partial charge in [-0.15, -0.1) is 0 Å². The molecule has 0 aliphatic rings. The Morgan fingerprint density at radius 3 is 2.42 bits per heavy atom. The monoisotopic (exact) mass is 168 g/mol. The van der Waals surface area contributed by atoms with Crippen LogP contribution < -0.4 is 0 Å². The fourth-order valence-corrected chi connectivity index (χ4v) is 1.19. The minimum Gasteiger partial charge on any atom is -0.504 e. The number of hydrogen-bond donors (Lipinski definition) is 1. The van der Waals surface area contributed by atoms with Gasteiger partial charge in [0.1, 0.15) is 11.5 Å². The molecular formula is C10H16O2. The molecule has 0 aromatic carbocycles. The van der Waals surface area contributed by atoms with Crippen LogP contribution in [0.4, 0.5) is 0 Å². The van der Waals surface area contributed by atoms with Crippen LogP contribution in [0.1, 0.15) is 36.8 Å². The summed E-state index contributed by atoms with van der Waals surface area (Å²) in [5.41, 5.74) is 0.876. The van der Waals surface area contributed by atoms with Gasteiger partial charge in [0.05, 0.1) is 0 Å². The molecule has 0 radical (unpaired) electrons. The van der Waals surface area contributed by atoms with Gasteiger partial charge in [0, 0.05) is 12.0 Å². The lowest BCUT2D eigenvalue weighted by molar-refractivity contribution is 0.420. The van der Waals surface area contributed by atoms with Gasteiger partial charge in [-0.25, -0.2) is 0 Å². The molecule has 68 valence electrons. The number of furan rings is 1. The fourth-order valence-electron chi connectivity index (χ4n) is 1.19. The van der Waals surface area contributed by atoms with Gasteiger partial charge in [0.2, 0.25) is 0 Å². The number of aromatic hydroxyl groups is 1. The minimum atomic E-state index is 0.348. The zero-order valence-corrected chi connectivity index (χ0v) is 7.98. The van der Waals surface area contributed by atoms with Crippen molar-refractivity contribution in [2.45, 2.75) is 40.0 Å². The average molecular weight is 168 g/mol. The molecule has 0 bridgehead atoms. The third-order valence-corrected chi connectivity index (χ3v) is 2.18. The molecule has 0 spiro atoms. The summed E-state index contributed by atoms with van der Waals surface area (Å²) in [6.45, 7) is 5.88. The quantitative estimate of drug-likeness (QED) is 0.752. The summed E-state index contributed by atoms with van der Waals surface area (Å²) in [6.07, 6.45) is 3.04. The zero-order chi connectivity index (χ0) is 9.14. The van der Waals surface area contributed by atoms with Gasteiger partial charge in [-0.1, -0.05) is 13.3 Å². The first-order chi connectivity index (χ1) is 5.66. The van der Waals surface area contributed by atoms with E-state index >= 15 is 0 Å². The second-order valence-corrected chi connectivity index (χ2v) is 3.16. The maximum atomic E-state index is 9.55. The van der Waals surface area contributed by atoms with Crippen LogP contribution in [0.15, 0.2) is 4.42 Å². The zero-order valence-electron chi connectivity index (χ0n) is 7.98. The van der Waals surface area contributed by atoms with E-state index in [4.69, 9.17) is 4.42 Å². The number of rotatable bonds is 3. The first-order valence-electron chi connectivity index (χ1n) is 4.44. The van der Waals surface area contributed by atoms with E-state index < -0.39 is 0 Å². The lowest BCUT2D eigenvalue weighted by atomic mass is 10.2. The summed E-state index contributed by atoms with van der Waals surface area (Å²) in [5, 5.41) is 9.55. The summed E-state index contributed by atoms with van der Waals surface area (Å²) in [4.78, 5) is 0. The van der Waals surface area contributed by atoms with Crippen LogP contribution in [-0.4, -0.2) is 5.11 Å². The molecule has 0 aliphatic carbocycles. The van der Waals surface area contributed by atoms with Crippen LogP contribution in [0.5, 0.6) is 5.75 Å². The highest BCUT2D eigenvalue weighted by atomic mass is 16.4. The van der Waals surface area contributed by atoms with E-state index in [9.17, 15) is 5.11 Å². The standard InChI is InChI=1S/C10H16O2/c1-4-5-6-9-10(11)7(2)8(3)12-9/h11H,4-6H2,1-3H3. The van der Waals surface area contributed by atoms with Crippen molar-refractivity contribution < 1.29 is 9.52 Å². The fraction of sp³-hybridized carbons (Fsp3) is 0.600. The Labute approximate surface area is 73.2 Å². The Morgan fingerprint density at radius 2 is 2.00 bits per heavy atom. The van der Waals surface area contributed by atoms with Crippen LogP contribution in [0.25, 0.3) is 0 Å². The highest BCUT2D eigenvalue weighted by Gasteiger charge is 2.11. The predicted octanol–water partition coefficient (Wildman–Crippen LogP) is 2.94. The van der Waals surface area contributed by atoms with Crippen molar-refractivity contribution in [3.05, 3.63) is 17.1 Å². The molecule has 0 saturated heterocycles. The molecule has 1 N–H and O–H groups in total. The maximum Gasteiger partial charge on any atom is 0.160 e. The van der Waals surface area contributed by atoms with E-state index in [2.05, 4.69) is 6.92 Å². The van der Waals surface area contributed by atoms with Gasteiger partial charge >= 0.3 is 0 Å². The van der Waals surface area contributed by atoms with Gasteiger partial charge < -0.3 is 9.52 Å². The van der Waals surface area contributed by atoms with Gasteiger partial charge in [-0.3, -0.25) is 0 Å². The maximum absolute atomic E-state index is 9.55. The second-order valence-electron chi connectivity index (χ2n) is 3.16. The van der Waals surface area contributed by atoms with E-state index in [-0.39, 0.29) is 0 Å². The molecule has 1 aromatic heterocycles. The largest absolute Gasteiger partial charge is 0.504 e. The van der Waals surface area contributed by atoms with Gasteiger partial charge in [0.25, 0.3) is 0 Å². The number of aryl methyl sites for hydroxylation is 2. The third-order valence-electron chi connectivity index (χ3n) is 2.18. The molecule has 0 aliphatic heterocycles. The van der Waals surface area contributed by atoms with Gasteiger partial charge in [-0.05, 0) is 20.3 Å². The molecule has 0 atom stereocenters. The number of unbranched alkanes of at least 4 members (excludes halogenated alkanes) is 1. The van der Waals surface area contributed by atoms with Crippen LogP contribution >= 0.6 is 0 Å². The van der Waals surface area contributed by atoms with Crippen LogP contribution in [0.3, 0.4) is 0 Å². The van der Waals surface area contributed by atoms with Crippen molar-refractivity contribution in [1.29, 1.82) is 0 Å². The lowest BCUT2D eigenvalue weighted by Crippen LogP contribution is -1.80. The van der Waals surface area contributed by atoms with Crippen molar-refractivity contribution in [1.82, 2.24) is 0 Å². The molecule has 0 saturated carbocycles. The van der Waals surface area contributed by atoms with E-state index in [1.165, 1.54) is 0 Å². The van der Waals surface area contributed by atoms with Crippen molar-refractivity contribution >= 4 is 0 Å². The molecule has 0 unspecified atom stereocenters. The Balaban J connectivity index is 2.79. The molecule has 2 heteroatoms. The number of hydrogen-bond acceptors (Lipinski definition) is 2. The molecule has 2 nitrogen and oxygen atoms in total. The summed E-state index contributed by atoms with van der Waals surface area (Å²) in [7, 11) is 0. The van der Waals surface area contributed by atoms with E-state index in [0.29, 0.717) is 5.75 Å². The lowest BCUT2D eigenvalue weighted by Gasteiger charge is -1.94. The van der Waals surface area contributed by atoms with Crippen molar-refractivity contribution in [3.8, 4) is 5.75 Å². The molecule has 12 heavy (non-hydrogen) atoms. The minimum absolute atomic E-state index is 0.348. The Hall–Kier alpha value is -0.920. The molecule has 0 amide bonds. The van der Waals surface area contributed by atoms with E-state index in [1.54, 1.807) is 0 Å². The summed E-state index contributed by atoms with van der Waals surface area (Å²) in [6, 6.07) is 0. The third kappa shape index (κ3) is 1.63. The van der Waals surface area contributed by atoms with Gasteiger partial charge in [0.15, 0.2) is 5.75 Å². The molecule has 1 heterocycles. The van der Waals surface area contributed by atoms with E-state index in [1.807, 2.05) is 13.8 Å². The second kappa shape index (κ2) is 3.65. The van der Waals surface area contributed by atoms with Crippen molar-refractivity contribution in [2.75, 3.05) is 0 Å². The SMILES string of the molecule is CCCCc1oc(C)c(C)c1O. The average Bonchev–Trinajstić information content (AvgIpc) is 2.30. The van der Waals surface area contributed by atoms with Gasteiger partial charge in [-0.2, -0.15) is 0 Å². The van der Waals surface area contributed by atoms with Crippen LogP contribution in [-0.2, 0) is 6.42 Å². The summed E-state index contributed by atoms with van der Waals surface area (Å²) in [5.74, 6) is 1.92. The molecule has 0 fully saturated rings.